The second-order valence-electron chi connectivity index (χ2n) is 13.0. The molecule has 0 unspecified atom stereocenters. The third-order valence-corrected chi connectivity index (χ3v) is 8.58. The van der Waals surface area contributed by atoms with Gasteiger partial charge in [0.2, 0.25) is 0 Å². The van der Waals surface area contributed by atoms with Gasteiger partial charge in [-0.3, -0.25) is 9.59 Å². The van der Waals surface area contributed by atoms with Crippen LogP contribution in [0.5, 0.6) is 0 Å². The van der Waals surface area contributed by atoms with Gasteiger partial charge in [0.25, 0.3) is 11.8 Å². The Morgan fingerprint density at radius 2 is 1.17 bits per heavy atom. The summed E-state index contributed by atoms with van der Waals surface area (Å²) in [4.78, 5) is 34.0. The molecule has 2 amide bonds. The number of likely N-dealkylation sites (tertiary alicyclic amines) is 2. The van der Waals surface area contributed by atoms with Gasteiger partial charge in [-0.1, -0.05) is 13.5 Å². The van der Waals surface area contributed by atoms with Crippen LogP contribution in [0.25, 0.3) is 0 Å². The maximum absolute atomic E-state index is 12.5. The van der Waals surface area contributed by atoms with Crippen LogP contribution in [0.4, 0.5) is 0 Å². The highest BCUT2D eigenvalue weighted by molar-refractivity contribution is 5.94. The molecule has 0 saturated carbocycles. The van der Waals surface area contributed by atoms with Crippen LogP contribution in [0.1, 0.15) is 113 Å². The van der Waals surface area contributed by atoms with Crippen LogP contribution in [0, 0.1) is 20.8 Å². The van der Waals surface area contributed by atoms with E-state index in [1.54, 1.807) is 6.07 Å². The van der Waals surface area contributed by atoms with Gasteiger partial charge in [0, 0.05) is 55.0 Å². The predicted octanol–water partition coefficient (Wildman–Crippen LogP) is 5.10. The summed E-state index contributed by atoms with van der Waals surface area (Å²) >= 11 is 0. The molecule has 42 heavy (non-hydrogen) atoms. The summed E-state index contributed by atoms with van der Waals surface area (Å²) in [6.45, 7) is 23.0. The molecule has 0 aliphatic carbocycles. The average Bonchev–Trinajstić information content (AvgIpc) is 2.91. The van der Waals surface area contributed by atoms with Gasteiger partial charge in [-0.2, -0.15) is 5.10 Å². The van der Waals surface area contributed by atoms with Gasteiger partial charge in [-0.05, 0) is 112 Å². The Morgan fingerprint density at radius 1 is 0.714 bits per heavy atom. The van der Waals surface area contributed by atoms with Crippen molar-refractivity contribution in [2.24, 2.45) is 0 Å². The molecule has 0 radical (unpaired) electrons. The number of amides is 2. The normalized spacial score (nSPS) is 18.5. The quantitative estimate of drug-likeness (QED) is 0.489. The Balaban J connectivity index is 0.000000287. The number of piperidine rings is 2. The van der Waals surface area contributed by atoms with E-state index in [9.17, 15) is 9.59 Å². The molecule has 2 saturated heterocycles. The molecule has 0 bridgehead atoms. The number of carbonyl (C=O) groups is 2. The first-order chi connectivity index (χ1) is 19.2. The topological polar surface area (TPSA) is 103 Å². The standard InChI is InChI=1S/C17H27N3O.C15H24N4O.CH4/c1-12(2)20-10-8-17(5,9-11-20)19-16(21)15-13(3)6-7-14(4)18-15;1-11(2)19-9-7-15(4,8-10-19)16-14(20)13-6-5-12(3)17-18-13;/h6-7,12H,8-11H2,1-5H3,(H,19,21);5-6,11H,7-10H2,1-4H3,(H,16,20);1H4. The van der Waals surface area contributed by atoms with Crippen molar-refractivity contribution >= 4 is 11.8 Å². The van der Waals surface area contributed by atoms with Crippen LogP contribution in [-0.2, 0) is 0 Å². The minimum absolute atomic E-state index is 0. The maximum atomic E-state index is 12.5. The van der Waals surface area contributed by atoms with E-state index in [0.717, 1.165) is 68.8 Å². The summed E-state index contributed by atoms with van der Waals surface area (Å²) in [7, 11) is 0. The van der Waals surface area contributed by atoms with Gasteiger partial charge < -0.3 is 20.4 Å². The van der Waals surface area contributed by atoms with E-state index in [4.69, 9.17) is 0 Å². The van der Waals surface area contributed by atoms with Crippen molar-refractivity contribution in [2.45, 2.75) is 119 Å². The van der Waals surface area contributed by atoms with Gasteiger partial charge in [0.05, 0.1) is 5.69 Å². The maximum Gasteiger partial charge on any atom is 0.272 e. The minimum atomic E-state index is -0.144. The largest absolute Gasteiger partial charge is 0.345 e. The van der Waals surface area contributed by atoms with Gasteiger partial charge in [0.15, 0.2) is 5.69 Å². The van der Waals surface area contributed by atoms with E-state index in [0.29, 0.717) is 23.5 Å². The second-order valence-corrected chi connectivity index (χ2v) is 13.0. The fourth-order valence-corrected chi connectivity index (χ4v) is 5.37. The van der Waals surface area contributed by atoms with Crippen LogP contribution in [0.2, 0.25) is 0 Å². The van der Waals surface area contributed by atoms with Crippen molar-refractivity contribution in [1.82, 2.24) is 35.6 Å². The number of hydrogen-bond acceptors (Lipinski definition) is 7. The fraction of sp³-hybridized carbons (Fsp3) is 0.667. The average molecular weight is 582 g/mol. The monoisotopic (exact) mass is 581 g/mol. The molecule has 2 aliphatic rings. The molecule has 0 spiro atoms. The highest BCUT2D eigenvalue weighted by atomic mass is 16.2. The zero-order chi connectivity index (χ0) is 30.4. The Hall–Kier alpha value is -2.91. The van der Waals surface area contributed by atoms with Gasteiger partial charge in [-0.25, -0.2) is 4.98 Å². The minimum Gasteiger partial charge on any atom is -0.345 e. The van der Waals surface area contributed by atoms with Crippen molar-refractivity contribution < 1.29 is 9.59 Å². The lowest BCUT2D eigenvalue weighted by Gasteiger charge is -2.41. The first kappa shape index (κ1) is 35.3. The molecule has 4 rings (SSSR count). The summed E-state index contributed by atoms with van der Waals surface area (Å²) in [6, 6.07) is 8.58. The molecule has 9 heteroatoms. The number of aryl methyl sites for hydroxylation is 3. The van der Waals surface area contributed by atoms with Crippen LogP contribution < -0.4 is 10.6 Å². The van der Waals surface area contributed by atoms with E-state index in [1.807, 2.05) is 39.0 Å². The van der Waals surface area contributed by atoms with Crippen LogP contribution in [-0.4, -0.2) is 86.1 Å². The van der Waals surface area contributed by atoms with E-state index >= 15 is 0 Å². The number of pyridine rings is 1. The van der Waals surface area contributed by atoms with Crippen molar-refractivity contribution in [3.05, 3.63) is 52.6 Å². The van der Waals surface area contributed by atoms with Crippen LogP contribution >= 0.6 is 0 Å². The lowest BCUT2D eigenvalue weighted by molar-refractivity contribution is 0.0786. The Morgan fingerprint density at radius 3 is 1.60 bits per heavy atom. The first-order valence-electron chi connectivity index (χ1n) is 15.1. The fourth-order valence-electron chi connectivity index (χ4n) is 5.37. The Labute approximate surface area is 254 Å². The lowest BCUT2D eigenvalue weighted by Crippen LogP contribution is -2.54. The van der Waals surface area contributed by atoms with Gasteiger partial charge in [-0.15, -0.1) is 5.10 Å². The SMILES string of the molecule is C.Cc1ccc(C(=O)NC2(C)CCN(C(C)C)CC2)nn1.Cc1ccc(C)c(C(=O)NC2(C)CCN(C(C)C)CC2)n1. The van der Waals surface area contributed by atoms with Crippen LogP contribution in [0.15, 0.2) is 24.3 Å². The Kier molecular flexibility index (Phi) is 12.6. The molecule has 0 aromatic carbocycles. The highest BCUT2D eigenvalue weighted by Gasteiger charge is 2.34. The summed E-state index contributed by atoms with van der Waals surface area (Å²) < 4.78 is 0. The molecule has 234 valence electrons. The number of hydrogen-bond donors (Lipinski definition) is 2. The van der Waals surface area contributed by atoms with Crippen molar-refractivity contribution in [3.8, 4) is 0 Å². The third kappa shape index (κ3) is 9.83. The summed E-state index contributed by atoms with van der Waals surface area (Å²) in [6.07, 6.45) is 3.91. The molecule has 2 aromatic rings. The van der Waals surface area contributed by atoms with Crippen molar-refractivity contribution in [3.63, 3.8) is 0 Å². The summed E-state index contributed by atoms with van der Waals surface area (Å²) in [5.41, 5.74) is 3.31. The number of nitrogens with one attached hydrogen (secondary N) is 2. The highest BCUT2D eigenvalue weighted by Crippen LogP contribution is 2.24. The predicted molar refractivity (Wildman–Crippen MR) is 171 cm³/mol. The molecule has 4 heterocycles. The van der Waals surface area contributed by atoms with E-state index in [1.165, 1.54) is 0 Å². The van der Waals surface area contributed by atoms with Crippen molar-refractivity contribution in [2.75, 3.05) is 26.2 Å². The molecule has 9 nitrogen and oxygen atoms in total. The number of rotatable bonds is 6. The smallest absolute Gasteiger partial charge is 0.272 e. The molecule has 2 fully saturated rings. The molecule has 2 aromatic heterocycles. The van der Waals surface area contributed by atoms with E-state index in [2.05, 4.69) is 77.2 Å². The van der Waals surface area contributed by atoms with E-state index < -0.39 is 0 Å². The number of carbonyl (C=O) groups excluding carboxylic acids is 2. The molecular weight excluding hydrogens is 526 g/mol. The number of aromatic nitrogens is 3. The van der Waals surface area contributed by atoms with E-state index in [-0.39, 0.29) is 30.3 Å². The lowest BCUT2D eigenvalue weighted by atomic mass is 9.88. The first-order valence-corrected chi connectivity index (χ1v) is 15.1. The molecular formula is C33H55N7O2. The van der Waals surface area contributed by atoms with Gasteiger partial charge in [0.1, 0.15) is 5.69 Å². The van der Waals surface area contributed by atoms with Crippen LogP contribution in [0.3, 0.4) is 0 Å². The summed E-state index contributed by atoms with van der Waals surface area (Å²) in [5.74, 6) is -0.172. The Bertz CT molecular complexity index is 1160. The van der Waals surface area contributed by atoms with Crippen molar-refractivity contribution in [1.29, 1.82) is 0 Å². The second kappa shape index (κ2) is 15.0. The number of nitrogens with zero attached hydrogens (tertiary/aromatic N) is 5. The third-order valence-electron chi connectivity index (χ3n) is 8.58. The van der Waals surface area contributed by atoms with Gasteiger partial charge >= 0.3 is 0 Å². The zero-order valence-corrected chi connectivity index (χ0v) is 26.7. The summed E-state index contributed by atoms with van der Waals surface area (Å²) in [5, 5.41) is 14.2. The molecule has 0 atom stereocenters. The zero-order valence-electron chi connectivity index (χ0n) is 26.7. The molecule has 2 N–H and O–H groups in total. The molecule has 2 aliphatic heterocycles.